The number of nitrogen functional groups attached to an aromatic ring is 1. The van der Waals surface area contributed by atoms with Gasteiger partial charge in [0.25, 0.3) is 5.56 Å². The summed E-state index contributed by atoms with van der Waals surface area (Å²) in [5, 5.41) is 1.23. The zero-order valence-corrected chi connectivity index (χ0v) is 19.6. The number of aromatic nitrogens is 3. The van der Waals surface area contributed by atoms with E-state index >= 15 is 0 Å². The van der Waals surface area contributed by atoms with Gasteiger partial charge in [-0.15, -0.1) is 0 Å². The summed E-state index contributed by atoms with van der Waals surface area (Å²) in [7, 11) is 0. The predicted molar refractivity (Wildman–Crippen MR) is 133 cm³/mol. The fraction of sp³-hybridized carbons (Fsp3) is 0.500. The second-order valence-corrected chi connectivity index (χ2v) is 9.44. The van der Waals surface area contributed by atoms with Crippen molar-refractivity contribution in [3.05, 3.63) is 63.3 Å². The minimum absolute atomic E-state index is 0.0386. The van der Waals surface area contributed by atoms with Crippen molar-refractivity contribution in [2.75, 3.05) is 43.5 Å². The highest BCUT2D eigenvalue weighted by molar-refractivity contribution is 5.83. The molecule has 1 aliphatic carbocycles. The van der Waals surface area contributed by atoms with Gasteiger partial charge in [-0.2, -0.15) is 0 Å². The van der Waals surface area contributed by atoms with E-state index in [-0.39, 0.29) is 5.56 Å². The minimum atomic E-state index is -0.0386. The normalized spacial score (nSPS) is 16.8. The number of hydrogen-bond acceptors (Lipinski definition) is 6. The quantitative estimate of drug-likeness (QED) is 0.463. The Balaban J connectivity index is 1.12. The van der Waals surface area contributed by atoms with Crippen LogP contribution in [0.2, 0.25) is 0 Å². The maximum atomic E-state index is 12.5. The summed E-state index contributed by atoms with van der Waals surface area (Å²) in [4.78, 5) is 27.1. The van der Waals surface area contributed by atoms with Gasteiger partial charge in [-0.25, -0.2) is 14.6 Å². The molecule has 0 atom stereocenters. The highest BCUT2D eigenvalue weighted by atomic mass is 16.1. The topological polar surface area (TPSA) is 80.3 Å². The van der Waals surface area contributed by atoms with E-state index in [4.69, 9.17) is 15.8 Å². The minimum Gasteiger partial charge on any atom is -0.354 e. The van der Waals surface area contributed by atoms with Gasteiger partial charge in [-0.1, -0.05) is 18.2 Å². The molecule has 0 spiro atoms. The molecule has 0 unspecified atom stereocenters. The first-order valence-electron chi connectivity index (χ1n) is 12.3. The van der Waals surface area contributed by atoms with Gasteiger partial charge in [0.15, 0.2) is 0 Å². The lowest BCUT2D eigenvalue weighted by molar-refractivity contribution is 0.252. The summed E-state index contributed by atoms with van der Waals surface area (Å²) in [5.74, 6) is 7.89. The molecule has 7 heteroatoms. The number of para-hydroxylation sites is 1. The lowest BCUT2D eigenvalue weighted by Crippen LogP contribution is -2.47. The smallest absolute Gasteiger partial charge is 0.275 e. The fourth-order valence-electron chi connectivity index (χ4n) is 5.20. The Labute approximate surface area is 195 Å². The summed E-state index contributed by atoms with van der Waals surface area (Å²) in [6, 6.07) is 10.6. The standard InChI is InChI=1S/C26H34N6O/c1-19-18-25(29-22-10-4-2-8-20(19)22)31-16-14-30(15-17-31)13-7-6-12-24-28-23-11-5-3-9-21(23)26(33)32(24)27/h2,4,8,10,18H,3,5-7,9,11-17,27H2,1H3. The van der Waals surface area contributed by atoms with Gasteiger partial charge in [0.1, 0.15) is 11.6 Å². The molecule has 5 rings (SSSR count). The van der Waals surface area contributed by atoms with Crippen molar-refractivity contribution in [1.29, 1.82) is 0 Å². The first-order valence-corrected chi connectivity index (χ1v) is 12.3. The molecule has 7 nitrogen and oxygen atoms in total. The summed E-state index contributed by atoms with van der Waals surface area (Å²) >= 11 is 0. The van der Waals surface area contributed by atoms with Gasteiger partial charge >= 0.3 is 0 Å². The molecule has 1 saturated heterocycles. The Hall–Kier alpha value is -2.93. The van der Waals surface area contributed by atoms with Crippen molar-refractivity contribution >= 4 is 16.7 Å². The first kappa shape index (κ1) is 21.9. The van der Waals surface area contributed by atoms with Crippen molar-refractivity contribution < 1.29 is 0 Å². The van der Waals surface area contributed by atoms with E-state index in [0.717, 1.165) is 106 Å². The molecule has 174 valence electrons. The molecule has 2 aromatic heterocycles. The Bertz CT molecular complexity index is 1200. The number of pyridine rings is 1. The maximum absolute atomic E-state index is 12.5. The number of nitrogens with zero attached hydrogens (tertiary/aromatic N) is 5. The van der Waals surface area contributed by atoms with Crippen LogP contribution in [-0.4, -0.2) is 52.3 Å². The lowest BCUT2D eigenvalue weighted by atomic mass is 9.97. The van der Waals surface area contributed by atoms with E-state index < -0.39 is 0 Å². The molecule has 0 saturated carbocycles. The van der Waals surface area contributed by atoms with Crippen molar-refractivity contribution in [2.45, 2.75) is 51.9 Å². The van der Waals surface area contributed by atoms with Gasteiger partial charge < -0.3 is 10.7 Å². The van der Waals surface area contributed by atoms with E-state index in [1.807, 2.05) is 0 Å². The second kappa shape index (κ2) is 9.51. The molecule has 3 heterocycles. The van der Waals surface area contributed by atoms with Crippen LogP contribution in [0.3, 0.4) is 0 Å². The lowest BCUT2D eigenvalue weighted by Gasteiger charge is -2.35. The molecule has 0 radical (unpaired) electrons. The number of piperazine rings is 1. The number of rotatable bonds is 6. The summed E-state index contributed by atoms with van der Waals surface area (Å²) in [6.45, 7) is 7.33. The largest absolute Gasteiger partial charge is 0.354 e. The molecular formula is C26H34N6O. The van der Waals surface area contributed by atoms with Crippen LogP contribution < -0.4 is 16.3 Å². The van der Waals surface area contributed by atoms with Crippen LogP contribution in [-0.2, 0) is 19.3 Å². The number of fused-ring (bicyclic) bond motifs is 2. The third-order valence-corrected chi connectivity index (χ3v) is 7.19. The van der Waals surface area contributed by atoms with Crippen LogP contribution in [0.25, 0.3) is 10.9 Å². The molecule has 2 N–H and O–H groups in total. The second-order valence-electron chi connectivity index (χ2n) is 9.44. The van der Waals surface area contributed by atoms with E-state index in [9.17, 15) is 4.79 Å². The van der Waals surface area contributed by atoms with Crippen molar-refractivity contribution in [3.63, 3.8) is 0 Å². The molecular weight excluding hydrogens is 412 g/mol. The average molecular weight is 447 g/mol. The molecule has 0 amide bonds. The molecule has 1 aromatic carbocycles. The summed E-state index contributed by atoms with van der Waals surface area (Å²) in [6.07, 6.45) is 6.75. The monoisotopic (exact) mass is 446 g/mol. The summed E-state index contributed by atoms with van der Waals surface area (Å²) < 4.78 is 1.29. The fourth-order valence-corrected chi connectivity index (χ4v) is 5.20. The Morgan fingerprint density at radius 1 is 1.00 bits per heavy atom. The first-order chi connectivity index (χ1) is 16.1. The molecule has 1 aliphatic heterocycles. The van der Waals surface area contributed by atoms with E-state index in [2.05, 4.69) is 47.1 Å². The van der Waals surface area contributed by atoms with Crippen LogP contribution in [0.1, 0.15) is 48.3 Å². The van der Waals surface area contributed by atoms with Gasteiger partial charge in [0.05, 0.1) is 11.2 Å². The SMILES string of the molecule is Cc1cc(N2CCN(CCCCc3nc4c(c(=O)n3N)CCCC4)CC2)nc2ccccc12. The van der Waals surface area contributed by atoms with Crippen LogP contribution in [0, 0.1) is 6.92 Å². The Morgan fingerprint density at radius 3 is 2.64 bits per heavy atom. The third kappa shape index (κ3) is 4.60. The molecule has 0 bridgehead atoms. The third-order valence-electron chi connectivity index (χ3n) is 7.19. The maximum Gasteiger partial charge on any atom is 0.275 e. The zero-order valence-electron chi connectivity index (χ0n) is 19.6. The number of aryl methyl sites for hydroxylation is 3. The van der Waals surface area contributed by atoms with E-state index in [0.29, 0.717) is 0 Å². The molecule has 33 heavy (non-hydrogen) atoms. The Kier molecular flexibility index (Phi) is 6.31. The Morgan fingerprint density at radius 2 is 1.79 bits per heavy atom. The zero-order chi connectivity index (χ0) is 22.8. The molecule has 1 fully saturated rings. The molecule has 3 aromatic rings. The van der Waals surface area contributed by atoms with E-state index in [1.54, 1.807) is 0 Å². The van der Waals surface area contributed by atoms with Gasteiger partial charge in [0.2, 0.25) is 0 Å². The van der Waals surface area contributed by atoms with Crippen LogP contribution in [0.4, 0.5) is 5.82 Å². The number of benzene rings is 1. The average Bonchev–Trinajstić information content (AvgIpc) is 2.85. The predicted octanol–water partition coefficient (Wildman–Crippen LogP) is 2.84. The van der Waals surface area contributed by atoms with Gasteiger partial charge in [0, 0.05) is 43.5 Å². The van der Waals surface area contributed by atoms with Crippen LogP contribution >= 0.6 is 0 Å². The van der Waals surface area contributed by atoms with Crippen LogP contribution in [0.15, 0.2) is 35.1 Å². The number of nitrogens with two attached hydrogens (primary N) is 1. The number of hydrogen-bond donors (Lipinski definition) is 1. The van der Waals surface area contributed by atoms with Crippen molar-refractivity contribution in [1.82, 2.24) is 19.5 Å². The highest BCUT2D eigenvalue weighted by Crippen LogP contribution is 2.23. The molecule has 2 aliphatic rings. The highest BCUT2D eigenvalue weighted by Gasteiger charge is 2.20. The van der Waals surface area contributed by atoms with E-state index in [1.165, 1.54) is 15.6 Å². The van der Waals surface area contributed by atoms with Crippen molar-refractivity contribution in [2.24, 2.45) is 0 Å². The van der Waals surface area contributed by atoms with Crippen LogP contribution in [0.5, 0.6) is 0 Å². The van der Waals surface area contributed by atoms with Gasteiger partial charge in [-0.05, 0) is 69.7 Å². The number of unbranched alkanes of at least 4 members (excludes halogenated alkanes) is 1. The van der Waals surface area contributed by atoms with Gasteiger partial charge in [-0.3, -0.25) is 9.69 Å². The van der Waals surface area contributed by atoms with Crippen molar-refractivity contribution in [3.8, 4) is 0 Å². The number of anilines is 1. The summed E-state index contributed by atoms with van der Waals surface area (Å²) in [5.41, 5.74) is 4.14.